The molecule has 3 aromatic rings. The van der Waals surface area contributed by atoms with Crippen LogP contribution in [0.4, 0.5) is 15.8 Å². The second-order valence-corrected chi connectivity index (χ2v) is 7.14. The zero-order valence-corrected chi connectivity index (χ0v) is 15.6. The summed E-state index contributed by atoms with van der Waals surface area (Å²) in [6, 6.07) is 9.10. The highest BCUT2D eigenvalue weighted by molar-refractivity contribution is 6.39. The summed E-state index contributed by atoms with van der Waals surface area (Å²) in [5.74, 6) is -0.677. The summed E-state index contributed by atoms with van der Waals surface area (Å²) in [4.78, 5) is 12.8. The number of carbonyl (C=O) groups excluding carboxylic acids is 1. The minimum Gasteiger partial charge on any atom is -0.396 e. The molecule has 1 aromatic heterocycles. The minimum atomic E-state index is -0.356. The molecule has 4 rings (SSSR count). The summed E-state index contributed by atoms with van der Waals surface area (Å²) in [6.07, 6.45) is 2.52. The van der Waals surface area contributed by atoms with Gasteiger partial charge in [-0.2, -0.15) is 5.10 Å². The van der Waals surface area contributed by atoms with E-state index in [1.807, 2.05) is 0 Å². The number of hydrogen-bond acceptors (Lipinski definition) is 3. The van der Waals surface area contributed by atoms with Gasteiger partial charge in [-0.3, -0.25) is 4.79 Å². The highest BCUT2D eigenvalue weighted by Gasteiger charge is 2.27. The molecule has 3 N–H and O–H groups in total. The van der Waals surface area contributed by atoms with E-state index in [2.05, 4.69) is 10.4 Å². The Balaban J connectivity index is 1.69. The molecule has 1 heterocycles. The van der Waals surface area contributed by atoms with Crippen molar-refractivity contribution in [1.82, 2.24) is 9.78 Å². The van der Waals surface area contributed by atoms with Crippen LogP contribution in [-0.4, -0.2) is 15.7 Å². The highest BCUT2D eigenvalue weighted by Crippen LogP contribution is 2.32. The lowest BCUT2D eigenvalue weighted by Gasteiger charge is -2.08. The van der Waals surface area contributed by atoms with Gasteiger partial charge in [-0.15, -0.1) is 0 Å². The van der Waals surface area contributed by atoms with Crippen LogP contribution in [0.1, 0.15) is 28.2 Å². The summed E-state index contributed by atoms with van der Waals surface area (Å²) in [6.45, 7) is 0. The fraction of sp³-hybridized carbons (Fsp3) is 0.158. The van der Waals surface area contributed by atoms with E-state index in [4.69, 9.17) is 28.9 Å². The van der Waals surface area contributed by atoms with Gasteiger partial charge in [0.25, 0.3) is 5.91 Å². The molecule has 27 heavy (non-hydrogen) atoms. The lowest BCUT2D eigenvalue weighted by molar-refractivity contribution is 0.102. The van der Waals surface area contributed by atoms with Gasteiger partial charge in [-0.1, -0.05) is 23.2 Å². The molecule has 0 fully saturated rings. The molecule has 0 saturated heterocycles. The summed E-state index contributed by atoms with van der Waals surface area (Å²) >= 11 is 12.1. The Labute approximate surface area is 164 Å². The van der Waals surface area contributed by atoms with Gasteiger partial charge in [0.05, 0.1) is 21.4 Å². The Bertz CT molecular complexity index is 1020. The number of benzene rings is 2. The zero-order valence-electron chi connectivity index (χ0n) is 14.1. The number of hydrogen-bond donors (Lipinski definition) is 2. The van der Waals surface area contributed by atoms with Crippen molar-refractivity contribution in [2.24, 2.45) is 0 Å². The third-order valence-corrected chi connectivity index (χ3v) is 5.18. The van der Waals surface area contributed by atoms with Gasteiger partial charge in [-0.05, 0) is 55.7 Å². The van der Waals surface area contributed by atoms with E-state index in [0.29, 0.717) is 17.1 Å². The maximum atomic E-state index is 13.2. The Kier molecular flexibility index (Phi) is 4.53. The van der Waals surface area contributed by atoms with Gasteiger partial charge in [0.15, 0.2) is 5.69 Å². The standard InChI is InChI=1S/C19H15Cl2FN4O/c20-14-8-11(9-15(21)17(14)23)24-19(27)18-13-2-1-3-16(13)26(25-18)12-6-4-10(22)5-7-12/h4-9H,1-3,23H2,(H,24,27). The monoisotopic (exact) mass is 404 g/mol. The van der Waals surface area contributed by atoms with E-state index in [-0.39, 0.29) is 27.5 Å². The maximum Gasteiger partial charge on any atom is 0.276 e. The minimum absolute atomic E-state index is 0.262. The average Bonchev–Trinajstić information content (AvgIpc) is 3.23. The van der Waals surface area contributed by atoms with Gasteiger partial charge < -0.3 is 11.1 Å². The molecule has 0 aliphatic heterocycles. The normalized spacial score (nSPS) is 12.9. The van der Waals surface area contributed by atoms with Gasteiger partial charge in [0.2, 0.25) is 0 Å². The van der Waals surface area contributed by atoms with Crippen molar-refractivity contribution in [3.05, 3.63) is 69.2 Å². The van der Waals surface area contributed by atoms with Crippen molar-refractivity contribution in [2.75, 3.05) is 11.1 Å². The van der Waals surface area contributed by atoms with Crippen LogP contribution in [0.5, 0.6) is 0 Å². The van der Waals surface area contributed by atoms with Crippen molar-refractivity contribution in [1.29, 1.82) is 0 Å². The third-order valence-electron chi connectivity index (χ3n) is 4.55. The molecule has 1 amide bonds. The second-order valence-electron chi connectivity index (χ2n) is 6.32. The first-order chi connectivity index (χ1) is 12.9. The molecule has 0 spiro atoms. The van der Waals surface area contributed by atoms with Crippen molar-refractivity contribution in [2.45, 2.75) is 19.3 Å². The first-order valence-corrected chi connectivity index (χ1v) is 9.12. The maximum absolute atomic E-state index is 13.2. The summed E-state index contributed by atoms with van der Waals surface area (Å²) in [5, 5.41) is 7.78. The van der Waals surface area contributed by atoms with Crippen LogP contribution in [0.25, 0.3) is 5.69 Å². The molecule has 2 aromatic carbocycles. The van der Waals surface area contributed by atoms with Gasteiger partial charge in [-0.25, -0.2) is 9.07 Å². The quantitative estimate of drug-likeness (QED) is 0.624. The highest BCUT2D eigenvalue weighted by atomic mass is 35.5. The SMILES string of the molecule is Nc1c(Cl)cc(NC(=O)c2nn(-c3ccc(F)cc3)c3c2CCC3)cc1Cl. The van der Waals surface area contributed by atoms with Gasteiger partial charge >= 0.3 is 0 Å². The average molecular weight is 405 g/mol. The lowest BCUT2D eigenvalue weighted by Crippen LogP contribution is -2.15. The number of nitrogen functional groups attached to an aromatic ring is 1. The number of nitrogens with zero attached hydrogens (tertiary/aromatic N) is 2. The number of nitrogens with one attached hydrogen (secondary N) is 1. The Morgan fingerprint density at radius 2 is 1.81 bits per heavy atom. The number of nitrogens with two attached hydrogens (primary N) is 1. The first-order valence-electron chi connectivity index (χ1n) is 8.36. The number of aromatic nitrogens is 2. The Morgan fingerprint density at radius 3 is 2.48 bits per heavy atom. The molecule has 1 aliphatic carbocycles. The molecule has 1 aliphatic rings. The molecular weight excluding hydrogens is 390 g/mol. The summed E-state index contributed by atoms with van der Waals surface area (Å²) in [5.41, 5.74) is 9.36. The molecule has 138 valence electrons. The van der Waals surface area contributed by atoms with Crippen molar-refractivity contribution >= 4 is 40.5 Å². The van der Waals surface area contributed by atoms with E-state index >= 15 is 0 Å². The second kappa shape index (κ2) is 6.87. The van der Waals surface area contributed by atoms with Crippen molar-refractivity contribution in [3.63, 3.8) is 0 Å². The Morgan fingerprint density at radius 1 is 1.15 bits per heavy atom. The van der Waals surface area contributed by atoms with E-state index in [0.717, 1.165) is 30.5 Å². The fourth-order valence-electron chi connectivity index (χ4n) is 3.26. The Hall–Kier alpha value is -2.57. The van der Waals surface area contributed by atoms with Gasteiger partial charge in [0, 0.05) is 16.9 Å². The number of fused-ring (bicyclic) bond motifs is 1. The molecule has 0 radical (unpaired) electrons. The van der Waals surface area contributed by atoms with Crippen LogP contribution in [0.15, 0.2) is 36.4 Å². The zero-order chi connectivity index (χ0) is 19.1. The molecular formula is C19H15Cl2FN4O. The predicted molar refractivity (Wildman–Crippen MR) is 104 cm³/mol. The number of halogens is 3. The van der Waals surface area contributed by atoms with Crippen molar-refractivity contribution in [3.8, 4) is 5.69 Å². The summed E-state index contributed by atoms with van der Waals surface area (Å²) < 4.78 is 14.9. The number of rotatable bonds is 3. The number of anilines is 2. The fourth-order valence-corrected chi connectivity index (χ4v) is 3.75. The van der Waals surface area contributed by atoms with Gasteiger partial charge in [0.1, 0.15) is 5.82 Å². The van der Waals surface area contributed by atoms with Crippen LogP contribution in [0.2, 0.25) is 10.0 Å². The van der Waals surface area contributed by atoms with E-state index in [9.17, 15) is 9.18 Å². The molecule has 5 nitrogen and oxygen atoms in total. The molecule has 0 atom stereocenters. The van der Waals surface area contributed by atoms with E-state index < -0.39 is 0 Å². The first kappa shape index (κ1) is 17.8. The smallest absolute Gasteiger partial charge is 0.276 e. The topological polar surface area (TPSA) is 72.9 Å². The largest absolute Gasteiger partial charge is 0.396 e. The number of carbonyl (C=O) groups is 1. The van der Waals surface area contributed by atoms with Crippen LogP contribution in [0, 0.1) is 5.82 Å². The molecule has 0 bridgehead atoms. The number of amides is 1. The van der Waals surface area contributed by atoms with E-state index in [1.165, 1.54) is 24.3 Å². The predicted octanol–water partition coefficient (Wildman–Crippen LogP) is 4.64. The molecule has 0 saturated carbocycles. The third kappa shape index (κ3) is 3.26. The van der Waals surface area contributed by atoms with Crippen LogP contribution >= 0.6 is 23.2 Å². The van der Waals surface area contributed by atoms with E-state index in [1.54, 1.807) is 16.8 Å². The van der Waals surface area contributed by atoms with Crippen molar-refractivity contribution < 1.29 is 9.18 Å². The van der Waals surface area contributed by atoms with Crippen LogP contribution in [-0.2, 0) is 12.8 Å². The lowest BCUT2D eigenvalue weighted by atomic mass is 10.2. The van der Waals surface area contributed by atoms with Crippen LogP contribution < -0.4 is 11.1 Å². The summed E-state index contributed by atoms with van der Waals surface area (Å²) in [7, 11) is 0. The molecule has 8 heteroatoms. The molecule has 0 unspecified atom stereocenters. The van der Waals surface area contributed by atoms with Crippen LogP contribution in [0.3, 0.4) is 0 Å².